The largest absolute Gasteiger partial charge is 0.497 e. The molecule has 0 bridgehead atoms. The van der Waals surface area contributed by atoms with E-state index in [0.717, 1.165) is 29.8 Å². The molecule has 7 heteroatoms. The van der Waals surface area contributed by atoms with E-state index in [2.05, 4.69) is 5.10 Å². The van der Waals surface area contributed by atoms with Gasteiger partial charge in [0, 0.05) is 43.2 Å². The highest BCUT2D eigenvalue weighted by atomic mass is 16.5. The maximum Gasteiger partial charge on any atom is 0.356 e. The zero-order chi connectivity index (χ0) is 20.3. The molecule has 1 aromatic carbocycles. The second-order valence-electron chi connectivity index (χ2n) is 7.22. The normalized spacial score (nSPS) is 14.5. The Morgan fingerprint density at radius 2 is 2.00 bits per heavy atom. The van der Waals surface area contributed by atoms with Crippen LogP contribution in [0.1, 0.15) is 47.6 Å². The Bertz CT molecular complexity index is 857. The second-order valence-corrected chi connectivity index (χ2v) is 7.22. The average Bonchev–Trinajstić information content (AvgIpc) is 3.09. The summed E-state index contributed by atoms with van der Waals surface area (Å²) in [5.74, 6) is -0.216. The molecule has 150 valence electrons. The maximum atomic E-state index is 12.5. The molecular formula is C21H27N3O4. The van der Waals surface area contributed by atoms with Crippen molar-refractivity contribution in [3.05, 3.63) is 46.8 Å². The molecule has 2 aromatic rings. The lowest BCUT2D eigenvalue weighted by atomic mass is 10.0. The molecule has 1 aromatic heterocycles. The van der Waals surface area contributed by atoms with E-state index in [9.17, 15) is 14.7 Å². The summed E-state index contributed by atoms with van der Waals surface area (Å²) in [7, 11) is 1.63. The highest BCUT2D eigenvalue weighted by Crippen LogP contribution is 2.25. The van der Waals surface area contributed by atoms with Gasteiger partial charge in [0.25, 0.3) is 0 Å². The lowest BCUT2D eigenvalue weighted by molar-refractivity contribution is -0.136. The van der Waals surface area contributed by atoms with Crippen molar-refractivity contribution in [1.82, 2.24) is 14.7 Å². The van der Waals surface area contributed by atoms with Gasteiger partial charge in [0.15, 0.2) is 5.69 Å². The number of aryl methyl sites for hydroxylation is 2. The van der Waals surface area contributed by atoms with Crippen LogP contribution in [0.25, 0.3) is 0 Å². The molecule has 28 heavy (non-hydrogen) atoms. The van der Waals surface area contributed by atoms with Gasteiger partial charge in [-0.1, -0.05) is 26.0 Å². The van der Waals surface area contributed by atoms with Crippen LogP contribution in [0.2, 0.25) is 0 Å². The number of nitrogens with zero attached hydrogens (tertiary/aromatic N) is 3. The van der Waals surface area contributed by atoms with Crippen molar-refractivity contribution in [3.8, 4) is 5.75 Å². The Morgan fingerprint density at radius 3 is 2.61 bits per heavy atom. The number of hydrogen-bond acceptors (Lipinski definition) is 4. The first-order valence-corrected chi connectivity index (χ1v) is 9.68. The molecule has 3 rings (SSSR count). The molecule has 1 aliphatic heterocycles. The van der Waals surface area contributed by atoms with Crippen LogP contribution in [0.15, 0.2) is 24.3 Å². The number of hydrogen-bond donors (Lipinski definition) is 1. The molecule has 0 saturated heterocycles. The summed E-state index contributed by atoms with van der Waals surface area (Å²) in [6.45, 7) is 5.42. The first-order chi connectivity index (χ1) is 13.4. The van der Waals surface area contributed by atoms with Crippen LogP contribution >= 0.6 is 0 Å². The highest BCUT2D eigenvalue weighted by molar-refractivity contribution is 5.88. The first-order valence-electron chi connectivity index (χ1n) is 9.68. The number of benzene rings is 1. The van der Waals surface area contributed by atoms with Gasteiger partial charge in [-0.05, 0) is 30.5 Å². The maximum absolute atomic E-state index is 12.5. The fourth-order valence-corrected chi connectivity index (χ4v) is 3.55. The summed E-state index contributed by atoms with van der Waals surface area (Å²) < 4.78 is 6.97. The van der Waals surface area contributed by atoms with Crippen molar-refractivity contribution in [2.45, 2.75) is 46.2 Å². The SMILES string of the molecule is CCC(C)C(=O)N1CCc2c(c(C(=O)O)nn2CCc2ccc(OC)cc2)C1. The summed E-state index contributed by atoms with van der Waals surface area (Å²) in [6.07, 6.45) is 2.14. The van der Waals surface area contributed by atoms with Gasteiger partial charge in [-0.15, -0.1) is 0 Å². The van der Waals surface area contributed by atoms with Crippen LogP contribution in [0, 0.1) is 5.92 Å². The van der Waals surface area contributed by atoms with Crippen LogP contribution in [-0.2, 0) is 30.7 Å². The van der Waals surface area contributed by atoms with Gasteiger partial charge in [-0.25, -0.2) is 4.79 Å². The molecular weight excluding hydrogens is 358 g/mol. The van der Waals surface area contributed by atoms with E-state index in [1.165, 1.54) is 0 Å². The number of aromatic nitrogens is 2. The van der Waals surface area contributed by atoms with Crippen molar-refractivity contribution in [2.75, 3.05) is 13.7 Å². The van der Waals surface area contributed by atoms with Gasteiger partial charge >= 0.3 is 5.97 Å². The van der Waals surface area contributed by atoms with Gasteiger partial charge in [-0.2, -0.15) is 5.10 Å². The number of carbonyl (C=O) groups excluding carboxylic acids is 1. The Morgan fingerprint density at radius 1 is 1.29 bits per heavy atom. The van der Waals surface area contributed by atoms with Gasteiger partial charge in [0.1, 0.15) is 5.75 Å². The monoisotopic (exact) mass is 385 g/mol. The zero-order valence-corrected chi connectivity index (χ0v) is 16.6. The van der Waals surface area contributed by atoms with Gasteiger partial charge in [-0.3, -0.25) is 9.48 Å². The van der Waals surface area contributed by atoms with E-state index in [4.69, 9.17) is 4.74 Å². The van der Waals surface area contributed by atoms with Crippen molar-refractivity contribution >= 4 is 11.9 Å². The number of rotatable bonds is 7. The number of aromatic carboxylic acids is 1. The van der Waals surface area contributed by atoms with Crippen molar-refractivity contribution in [1.29, 1.82) is 0 Å². The summed E-state index contributed by atoms with van der Waals surface area (Å²) in [5, 5.41) is 13.9. The average molecular weight is 385 g/mol. The number of fused-ring (bicyclic) bond motifs is 1. The van der Waals surface area contributed by atoms with E-state index >= 15 is 0 Å². The van der Waals surface area contributed by atoms with Crippen LogP contribution in [0.3, 0.4) is 0 Å². The fourth-order valence-electron chi connectivity index (χ4n) is 3.55. The topological polar surface area (TPSA) is 84.7 Å². The predicted molar refractivity (Wildman–Crippen MR) is 104 cm³/mol. The van der Waals surface area contributed by atoms with Gasteiger partial charge in [0.05, 0.1) is 7.11 Å². The number of methoxy groups -OCH3 is 1. The third-order valence-electron chi connectivity index (χ3n) is 5.45. The van der Waals surface area contributed by atoms with Crippen molar-refractivity contribution < 1.29 is 19.4 Å². The van der Waals surface area contributed by atoms with E-state index in [1.807, 2.05) is 38.1 Å². The van der Waals surface area contributed by atoms with Crippen LogP contribution in [0.5, 0.6) is 5.75 Å². The number of carbonyl (C=O) groups is 2. The quantitative estimate of drug-likeness (QED) is 0.792. The van der Waals surface area contributed by atoms with Crippen LogP contribution in [0.4, 0.5) is 0 Å². The molecule has 0 fully saturated rings. The first kappa shape index (κ1) is 19.9. The van der Waals surface area contributed by atoms with E-state index in [1.54, 1.807) is 16.7 Å². The lowest BCUT2D eigenvalue weighted by Gasteiger charge is -2.29. The lowest BCUT2D eigenvalue weighted by Crippen LogP contribution is -2.39. The molecule has 0 aliphatic carbocycles. The number of carboxylic acid groups (broad SMARTS) is 1. The van der Waals surface area contributed by atoms with Gasteiger partial charge in [0.2, 0.25) is 5.91 Å². The Labute approximate surface area is 164 Å². The summed E-state index contributed by atoms with van der Waals surface area (Å²) in [6, 6.07) is 7.82. The van der Waals surface area contributed by atoms with Gasteiger partial charge < -0.3 is 14.7 Å². The molecule has 1 N–H and O–H groups in total. The van der Waals surface area contributed by atoms with Crippen LogP contribution in [-0.4, -0.2) is 45.3 Å². The Hall–Kier alpha value is -2.83. The van der Waals surface area contributed by atoms with Crippen molar-refractivity contribution in [2.24, 2.45) is 5.92 Å². The molecule has 2 heterocycles. The minimum Gasteiger partial charge on any atom is -0.497 e. The fraction of sp³-hybridized carbons (Fsp3) is 0.476. The molecule has 1 unspecified atom stereocenters. The second kappa shape index (κ2) is 8.46. The van der Waals surface area contributed by atoms with Crippen LogP contribution < -0.4 is 4.74 Å². The van der Waals surface area contributed by atoms with E-state index < -0.39 is 5.97 Å². The highest BCUT2D eigenvalue weighted by Gasteiger charge is 2.31. The molecule has 0 saturated carbocycles. The van der Waals surface area contributed by atoms with Crippen molar-refractivity contribution in [3.63, 3.8) is 0 Å². The Balaban J connectivity index is 1.79. The number of carboxylic acids is 1. The zero-order valence-electron chi connectivity index (χ0n) is 16.6. The smallest absolute Gasteiger partial charge is 0.356 e. The molecule has 1 atom stereocenters. The minimum atomic E-state index is -1.04. The molecule has 0 radical (unpaired) electrons. The molecule has 1 amide bonds. The summed E-state index contributed by atoms with van der Waals surface area (Å²) >= 11 is 0. The number of ether oxygens (including phenoxy) is 1. The molecule has 7 nitrogen and oxygen atoms in total. The minimum absolute atomic E-state index is 0.0556. The standard InChI is InChI=1S/C21H27N3O4/c1-4-14(2)20(25)23-11-10-18-17(13-23)19(21(26)27)22-24(18)12-9-15-5-7-16(28-3)8-6-15/h5-8,14H,4,9-13H2,1-3H3,(H,26,27). The number of amides is 1. The predicted octanol–water partition coefficient (Wildman–Crippen LogP) is 2.76. The molecule has 1 aliphatic rings. The summed E-state index contributed by atoms with van der Waals surface area (Å²) in [4.78, 5) is 26.0. The van der Waals surface area contributed by atoms with E-state index in [0.29, 0.717) is 31.6 Å². The van der Waals surface area contributed by atoms with E-state index in [-0.39, 0.29) is 17.5 Å². The Kier molecular flexibility index (Phi) is 6.02. The summed E-state index contributed by atoms with van der Waals surface area (Å²) in [5.41, 5.74) is 2.79. The third kappa shape index (κ3) is 4.03. The third-order valence-corrected chi connectivity index (χ3v) is 5.45. The molecule has 0 spiro atoms.